The fourth-order valence-corrected chi connectivity index (χ4v) is 6.21. The van der Waals surface area contributed by atoms with Crippen molar-refractivity contribution >= 4 is 23.4 Å². The van der Waals surface area contributed by atoms with Crippen LogP contribution in [-0.2, 0) is 14.3 Å². The summed E-state index contributed by atoms with van der Waals surface area (Å²) in [6, 6.07) is 13.9. The third-order valence-corrected chi connectivity index (χ3v) is 7.61. The van der Waals surface area contributed by atoms with Crippen LogP contribution in [0.2, 0.25) is 0 Å². The standard InChI is InChI=1S/C26H23NO5/c1-14-7-6-8-15(13-14)21-19-20(25(31)27(24(19)30)16-9-2-3-10-16)26(32-21)22(28)17-11-4-5-12-18(17)23(26)29/h4-8,11-13,16,19-21H,2-3,9-10H2,1H3/t19-,20+,21-/m0/s1. The maximum absolute atomic E-state index is 13.8. The zero-order valence-electron chi connectivity index (χ0n) is 17.7. The summed E-state index contributed by atoms with van der Waals surface area (Å²) in [5.74, 6) is -3.76. The molecule has 0 N–H and O–H groups in total. The second-order valence-electron chi connectivity index (χ2n) is 9.38. The van der Waals surface area contributed by atoms with Crippen molar-refractivity contribution in [3.63, 3.8) is 0 Å². The molecular weight excluding hydrogens is 406 g/mol. The first-order valence-electron chi connectivity index (χ1n) is 11.2. The Hall–Kier alpha value is -3.12. The van der Waals surface area contributed by atoms with Crippen molar-refractivity contribution in [2.45, 2.75) is 50.4 Å². The number of hydrogen-bond acceptors (Lipinski definition) is 5. The number of benzene rings is 2. The van der Waals surface area contributed by atoms with Crippen molar-refractivity contribution < 1.29 is 23.9 Å². The lowest BCUT2D eigenvalue weighted by molar-refractivity contribution is -0.147. The molecule has 1 spiro atoms. The third-order valence-electron chi connectivity index (χ3n) is 7.61. The van der Waals surface area contributed by atoms with Crippen LogP contribution in [0.4, 0.5) is 0 Å². The van der Waals surface area contributed by atoms with Gasteiger partial charge in [-0.2, -0.15) is 0 Å². The van der Waals surface area contributed by atoms with Crippen molar-refractivity contribution in [3.8, 4) is 0 Å². The van der Waals surface area contributed by atoms with Gasteiger partial charge in [0, 0.05) is 17.2 Å². The first kappa shape index (κ1) is 19.6. The summed E-state index contributed by atoms with van der Waals surface area (Å²) in [7, 11) is 0. The second-order valence-corrected chi connectivity index (χ2v) is 9.38. The van der Waals surface area contributed by atoms with E-state index in [1.165, 1.54) is 4.90 Å². The van der Waals surface area contributed by atoms with Crippen LogP contribution in [0.15, 0.2) is 48.5 Å². The van der Waals surface area contributed by atoms with E-state index < -0.39 is 41.0 Å². The summed E-state index contributed by atoms with van der Waals surface area (Å²) in [5, 5.41) is 0. The molecule has 0 unspecified atom stereocenters. The molecule has 2 amide bonds. The minimum Gasteiger partial charge on any atom is -0.349 e. The lowest BCUT2D eigenvalue weighted by Gasteiger charge is -2.29. The topological polar surface area (TPSA) is 80.8 Å². The fourth-order valence-electron chi connectivity index (χ4n) is 6.21. The molecule has 162 valence electrons. The van der Waals surface area contributed by atoms with E-state index in [1.54, 1.807) is 24.3 Å². The Morgan fingerprint density at radius 2 is 1.53 bits per heavy atom. The summed E-state index contributed by atoms with van der Waals surface area (Å²) in [5.41, 5.74) is 0.243. The lowest BCUT2D eigenvalue weighted by atomic mass is 9.77. The van der Waals surface area contributed by atoms with E-state index in [0.717, 1.165) is 31.2 Å². The van der Waals surface area contributed by atoms with E-state index >= 15 is 0 Å². The Kier molecular flexibility index (Phi) is 4.09. The average molecular weight is 429 g/mol. The molecule has 3 fully saturated rings. The Bertz CT molecular complexity index is 1160. The molecule has 4 aliphatic rings. The average Bonchev–Trinajstić information content (AvgIpc) is 3.53. The number of nitrogens with zero attached hydrogens (tertiary/aromatic N) is 1. The number of rotatable bonds is 2. The summed E-state index contributed by atoms with van der Waals surface area (Å²) < 4.78 is 6.31. The van der Waals surface area contributed by atoms with Crippen molar-refractivity contribution in [1.82, 2.24) is 4.90 Å². The van der Waals surface area contributed by atoms with Gasteiger partial charge in [0.1, 0.15) is 0 Å². The molecule has 2 aromatic carbocycles. The van der Waals surface area contributed by atoms with E-state index in [0.29, 0.717) is 5.56 Å². The number of fused-ring (bicyclic) bond motifs is 3. The molecule has 2 aromatic rings. The van der Waals surface area contributed by atoms with Crippen LogP contribution in [0.25, 0.3) is 0 Å². The third kappa shape index (κ3) is 2.33. The first-order chi connectivity index (χ1) is 15.4. The molecule has 2 aliphatic carbocycles. The minimum absolute atomic E-state index is 0.162. The quantitative estimate of drug-likeness (QED) is 0.540. The van der Waals surface area contributed by atoms with Gasteiger partial charge in [-0.25, -0.2) is 0 Å². The number of carbonyl (C=O) groups is 4. The van der Waals surface area contributed by atoms with E-state index in [-0.39, 0.29) is 23.1 Å². The van der Waals surface area contributed by atoms with E-state index in [4.69, 9.17) is 4.74 Å². The van der Waals surface area contributed by atoms with Crippen molar-refractivity contribution in [1.29, 1.82) is 0 Å². The molecule has 6 heteroatoms. The molecule has 6 rings (SSSR count). The molecule has 32 heavy (non-hydrogen) atoms. The van der Waals surface area contributed by atoms with Gasteiger partial charge < -0.3 is 4.74 Å². The Morgan fingerprint density at radius 3 is 2.16 bits per heavy atom. The van der Waals surface area contributed by atoms with Gasteiger partial charge in [0.05, 0.1) is 17.9 Å². The Morgan fingerprint density at radius 1 is 0.875 bits per heavy atom. The molecule has 3 atom stereocenters. The van der Waals surface area contributed by atoms with Crippen LogP contribution < -0.4 is 0 Å². The van der Waals surface area contributed by atoms with Crippen LogP contribution >= 0.6 is 0 Å². The first-order valence-corrected chi connectivity index (χ1v) is 11.2. The minimum atomic E-state index is -1.97. The Balaban J connectivity index is 1.53. The highest BCUT2D eigenvalue weighted by atomic mass is 16.5. The second kappa shape index (κ2) is 6.69. The van der Waals surface area contributed by atoms with E-state index in [9.17, 15) is 19.2 Å². The van der Waals surface area contributed by atoms with E-state index in [2.05, 4.69) is 0 Å². The summed E-state index contributed by atoms with van der Waals surface area (Å²) in [4.78, 5) is 56.1. The predicted molar refractivity (Wildman–Crippen MR) is 114 cm³/mol. The molecule has 1 saturated carbocycles. The van der Waals surface area contributed by atoms with Gasteiger partial charge in [0.25, 0.3) is 0 Å². The number of ether oxygens (including phenoxy) is 1. The largest absolute Gasteiger partial charge is 0.349 e. The molecule has 0 aromatic heterocycles. The van der Waals surface area contributed by atoms with Crippen molar-refractivity contribution in [2.24, 2.45) is 11.8 Å². The van der Waals surface area contributed by atoms with Gasteiger partial charge in [-0.15, -0.1) is 0 Å². The number of hydrogen-bond donors (Lipinski definition) is 0. The Labute approximate surface area is 185 Å². The fraction of sp³-hybridized carbons (Fsp3) is 0.385. The van der Waals surface area contributed by atoms with Crippen LogP contribution in [0.3, 0.4) is 0 Å². The van der Waals surface area contributed by atoms with Crippen molar-refractivity contribution in [3.05, 3.63) is 70.8 Å². The summed E-state index contributed by atoms with van der Waals surface area (Å²) >= 11 is 0. The number of likely N-dealkylation sites (tertiary alicyclic amines) is 1. The smallest absolute Gasteiger partial charge is 0.237 e. The van der Waals surface area contributed by atoms with Gasteiger partial charge in [-0.3, -0.25) is 24.1 Å². The number of imide groups is 1. The van der Waals surface area contributed by atoms with Crippen LogP contribution in [0, 0.1) is 18.8 Å². The molecule has 0 bridgehead atoms. The molecule has 2 aliphatic heterocycles. The molecule has 0 radical (unpaired) electrons. The van der Waals surface area contributed by atoms with Gasteiger partial charge in [-0.1, -0.05) is 66.9 Å². The SMILES string of the molecule is Cc1cccc([C@@H]2OC3(C(=O)c4ccccc4C3=O)[C@H]3C(=O)N(C4CCCC4)C(=O)[C@H]23)c1. The predicted octanol–water partition coefficient (Wildman–Crippen LogP) is 3.43. The molecule has 2 heterocycles. The maximum Gasteiger partial charge on any atom is 0.237 e. The van der Waals surface area contributed by atoms with Crippen LogP contribution in [0.1, 0.15) is 63.6 Å². The van der Waals surface area contributed by atoms with E-state index in [1.807, 2.05) is 31.2 Å². The van der Waals surface area contributed by atoms with Crippen LogP contribution in [-0.4, -0.2) is 39.9 Å². The summed E-state index contributed by atoms with van der Waals surface area (Å²) in [6.07, 6.45) is 2.63. The molecular formula is C26H23NO5. The monoisotopic (exact) mass is 429 g/mol. The zero-order chi connectivity index (χ0) is 22.2. The molecule has 6 nitrogen and oxygen atoms in total. The maximum atomic E-state index is 13.8. The number of ketones is 2. The lowest BCUT2D eigenvalue weighted by Crippen LogP contribution is -2.51. The van der Waals surface area contributed by atoms with Crippen LogP contribution in [0.5, 0.6) is 0 Å². The zero-order valence-corrected chi connectivity index (χ0v) is 17.7. The van der Waals surface area contributed by atoms with Gasteiger partial charge in [-0.05, 0) is 25.3 Å². The summed E-state index contributed by atoms with van der Waals surface area (Å²) in [6.45, 7) is 1.93. The van der Waals surface area contributed by atoms with Gasteiger partial charge in [0.15, 0.2) is 0 Å². The number of amides is 2. The normalized spacial score (nSPS) is 28.8. The highest BCUT2D eigenvalue weighted by Crippen LogP contribution is 2.57. The number of carbonyl (C=O) groups excluding carboxylic acids is 4. The molecule has 2 saturated heterocycles. The number of aryl methyl sites for hydroxylation is 1. The highest BCUT2D eigenvalue weighted by Gasteiger charge is 2.75. The van der Waals surface area contributed by atoms with Crippen molar-refractivity contribution in [2.75, 3.05) is 0 Å². The van der Waals surface area contributed by atoms with Gasteiger partial charge >= 0.3 is 0 Å². The number of Topliss-reactive ketones (excluding diaryl/α,β-unsaturated/α-hetero) is 2. The highest BCUT2D eigenvalue weighted by molar-refractivity contribution is 6.35. The van der Waals surface area contributed by atoms with Gasteiger partial charge in [0.2, 0.25) is 29.0 Å².